The van der Waals surface area contributed by atoms with Gasteiger partial charge in [0.15, 0.2) is 0 Å². The molecule has 4 nitrogen and oxygen atoms in total. The van der Waals surface area contributed by atoms with Crippen LogP contribution in [0.15, 0.2) is 110 Å². The van der Waals surface area contributed by atoms with Crippen LogP contribution in [-0.2, 0) is 0 Å². The molecular weight excluding hydrogens is 627 g/mol. The van der Waals surface area contributed by atoms with Gasteiger partial charge < -0.3 is 19.5 Å². The van der Waals surface area contributed by atoms with Crippen LogP contribution in [0.2, 0.25) is 0 Å². The van der Waals surface area contributed by atoms with Gasteiger partial charge in [-0.2, -0.15) is 0 Å². The molecule has 0 aliphatic carbocycles. The van der Waals surface area contributed by atoms with E-state index in [1.165, 1.54) is 12.7 Å². The molecule has 0 aliphatic heterocycles. The molecule has 0 spiro atoms. The van der Waals surface area contributed by atoms with Crippen molar-refractivity contribution in [3.8, 4) is 22.6 Å². The number of methoxy groups -OCH3 is 2. The molecule has 0 unspecified atom stereocenters. The van der Waals surface area contributed by atoms with Crippen molar-refractivity contribution < 1.29 is 19.5 Å². The lowest BCUT2D eigenvalue weighted by molar-refractivity contribution is 0.412. The molecule has 0 saturated carbocycles. The van der Waals surface area contributed by atoms with Gasteiger partial charge in [-0.25, -0.2) is 0 Å². The zero-order valence-corrected chi connectivity index (χ0v) is 23.4. The topological polar surface area (TPSA) is 58.9 Å². The molecule has 8 heteroatoms. The highest BCUT2D eigenvalue weighted by Gasteiger charge is 2.10. The fraction of sp³-hybridized carbons (Fsp3) is 0.0769. The first kappa shape index (κ1) is 28.1. The van der Waals surface area contributed by atoms with E-state index in [0.717, 1.165) is 24.7 Å². The molecule has 2 N–H and O–H groups in total. The Bertz CT molecular complexity index is 1150. The Hall–Kier alpha value is -2.10. The Kier molecular flexibility index (Phi) is 12.4. The van der Waals surface area contributed by atoms with E-state index in [-0.39, 0.29) is 0 Å². The van der Waals surface area contributed by atoms with Gasteiger partial charge in [0.2, 0.25) is 0 Å². The van der Waals surface area contributed by atoms with Crippen molar-refractivity contribution in [2.45, 2.75) is 0 Å². The monoisotopic (exact) mass is 648 g/mol. The molecule has 0 aliphatic rings. The molecule has 176 valence electrons. The minimum atomic E-state index is -1.43. The second-order valence-corrected chi connectivity index (χ2v) is 9.34. The second-order valence-electron chi connectivity index (χ2n) is 6.78. The van der Waals surface area contributed by atoms with Crippen LogP contribution in [0.4, 0.5) is 0 Å². The predicted molar refractivity (Wildman–Crippen MR) is 151 cm³/mol. The number of halogens is 3. The van der Waals surface area contributed by atoms with E-state index in [4.69, 9.17) is 19.5 Å². The average molecular weight is 651 g/mol. The van der Waals surface area contributed by atoms with Crippen molar-refractivity contribution in [1.29, 1.82) is 0 Å². The van der Waals surface area contributed by atoms with Gasteiger partial charge in [0, 0.05) is 13.4 Å². The summed E-state index contributed by atoms with van der Waals surface area (Å²) in [5, 5.41) is 17.5. The largest absolute Gasteiger partial charge is 0.497 e. The highest BCUT2D eigenvalue weighted by atomic mass is 79.9. The summed E-state index contributed by atoms with van der Waals surface area (Å²) >= 11 is 10.2. The average Bonchev–Trinajstić information content (AvgIpc) is 2.87. The van der Waals surface area contributed by atoms with Crippen molar-refractivity contribution in [2.75, 3.05) is 14.2 Å². The molecule has 0 radical (unpaired) electrons. The van der Waals surface area contributed by atoms with E-state index < -0.39 is 7.12 Å². The zero-order chi connectivity index (χ0) is 24.9. The number of benzene rings is 4. The zero-order valence-electron chi connectivity index (χ0n) is 18.7. The Morgan fingerprint density at radius 3 is 1.59 bits per heavy atom. The van der Waals surface area contributed by atoms with Crippen LogP contribution in [0.1, 0.15) is 0 Å². The van der Waals surface area contributed by atoms with Crippen molar-refractivity contribution in [3.05, 3.63) is 110 Å². The van der Waals surface area contributed by atoms with Crippen LogP contribution in [0.5, 0.6) is 11.5 Å². The fourth-order valence-corrected chi connectivity index (χ4v) is 3.81. The summed E-state index contributed by atoms with van der Waals surface area (Å²) in [5.74, 6) is 1.50. The second kappa shape index (κ2) is 15.0. The predicted octanol–water partition coefficient (Wildman–Crippen LogP) is 6.71. The van der Waals surface area contributed by atoms with Crippen molar-refractivity contribution in [2.24, 2.45) is 0 Å². The van der Waals surface area contributed by atoms with E-state index >= 15 is 0 Å². The molecule has 0 saturated heterocycles. The maximum atomic E-state index is 8.74. The van der Waals surface area contributed by atoms with Crippen LogP contribution < -0.4 is 14.9 Å². The minimum Gasteiger partial charge on any atom is -0.497 e. The van der Waals surface area contributed by atoms with Gasteiger partial charge in [0.25, 0.3) is 0 Å². The summed E-state index contributed by atoms with van der Waals surface area (Å²) in [6.07, 6.45) is 0. The molecule has 0 amide bonds. The molecular formula is C26H24BBr3O4. The highest BCUT2D eigenvalue weighted by Crippen LogP contribution is 2.29. The molecule has 4 aromatic rings. The summed E-state index contributed by atoms with van der Waals surface area (Å²) in [6.45, 7) is 0. The first-order chi connectivity index (χ1) is 16.3. The minimum absolute atomic E-state index is 0.435. The lowest BCUT2D eigenvalue weighted by Gasteiger charge is -2.06. The molecule has 0 aromatic heterocycles. The van der Waals surface area contributed by atoms with Crippen molar-refractivity contribution in [1.82, 2.24) is 0 Å². The summed E-state index contributed by atoms with van der Waals surface area (Å²) in [5.41, 5.74) is 2.77. The number of hydrogen-bond donors (Lipinski definition) is 2. The molecule has 0 atom stereocenters. The number of ether oxygens (including phenoxy) is 2. The van der Waals surface area contributed by atoms with Gasteiger partial charge in [-0.05, 0) is 90.9 Å². The first-order valence-corrected chi connectivity index (χ1v) is 12.5. The highest BCUT2D eigenvalue weighted by molar-refractivity contribution is 9.13. The molecule has 0 fully saturated rings. The van der Waals surface area contributed by atoms with E-state index in [0.29, 0.717) is 11.2 Å². The summed E-state index contributed by atoms with van der Waals surface area (Å²) < 4.78 is 13.4. The van der Waals surface area contributed by atoms with E-state index in [2.05, 4.69) is 59.9 Å². The third kappa shape index (κ3) is 9.27. The Labute approximate surface area is 226 Å². The lowest BCUT2D eigenvalue weighted by atomic mass is 9.80. The Morgan fingerprint density at radius 1 is 0.588 bits per heavy atom. The molecule has 4 rings (SSSR count). The standard InChI is InChI=1S/C13H11BrO.C7H9BO3.C6H4Br2/c1-15-11-6-4-5-10(9-11)12-7-2-3-8-13(12)14;1-11-7-4-2-3-6(5-7)8(9)10;7-5-3-1-2-4-6(5)8/h2-9H,1H3;2-5,9-10H,1H3;1-4H. The van der Waals surface area contributed by atoms with Gasteiger partial charge >= 0.3 is 7.12 Å². The van der Waals surface area contributed by atoms with Gasteiger partial charge in [0.05, 0.1) is 14.2 Å². The molecule has 0 heterocycles. The Morgan fingerprint density at radius 2 is 1.09 bits per heavy atom. The van der Waals surface area contributed by atoms with Crippen LogP contribution in [0, 0.1) is 0 Å². The van der Waals surface area contributed by atoms with Crippen molar-refractivity contribution >= 4 is 60.4 Å². The van der Waals surface area contributed by atoms with Gasteiger partial charge in [-0.3, -0.25) is 0 Å². The van der Waals surface area contributed by atoms with Crippen LogP contribution in [0.3, 0.4) is 0 Å². The van der Waals surface area contributed by atoms with Crippen molar-refractivity contribution in [3.63, 3.8) is 0 Å². The maximum absolute atomic E-state index is 8.74. The maximum Gasteiger partial charge on any atom is 0.488 e. The van der Waals surface area contributed by atoms with Crippen LogP contribution in [0.25, 0.3) is 11.1 Å². The van der Waals surface area contributed by atoms with Crippen LogP contribution >= 0.6 is 47.8 Å². The molecule has 34 heavy (non-hydrogen) atoms. The lowest BCUT2D eigenvalue weighted by Crippen LogP contribution is -2.29. The van der Waals surface area contributed by atoms with E-state index in [9.17, 15) is 0 Å². The quantitative estimate of drug-likeness (QED) is 0.241. The van der Waals surface area contributed by atoms with Gasteiger partial charge in [-0.15, -0.1) is 0 Å². The fourth-order valence-electron chi connectivity index (χ4n) is 2.73. The SMILES string of the molecule is Brc1ccccc1Br.COc1cccc(-c2ccccc2Br)c1.COc1cccc(B(O)O)c1. The van der Waals surface area contributed by atoms with E-state index in [1.807, 2.05) is 60.7 Å². The number of rotatable bonds is 4. The van der Waals surface area contributed by atoms with E-state index in [1.54, 1.807) is 31.4 Å². The summed E-state index contributed by atoms with van der Waals surface area (Å²) in [6, 6.07) is 30.8. The summed E-state index contributed by atoms with van der Waals surface area (Å²) in [4.78, 5) is 0. The van der Waals surface area contributed by atoms with Crippen LogP contribution in [-0.4, -0.2) is 31.4 Å². The molecule has 0 bridgehead atoms. The third-order valence-electron chi connectivity index (χ3n) is 4.47. The van der Waals surface area contributed by atoms with Gasteiger partial charge in [0.1, 0.15) is 11.5 Å². The third-order valence-corrected chi connectivity index (χ3v) is 7.08. The molecule has 4 aromatic carbocycles. The normalized spacial score (nSPS) is 9.62. The Balaban J connectivity index is 0.000000190. The van der Waals surface area contributed by atoms with Gasteiger partial charge in [-0.1, -0.05) is 70.5 Å². The first-order valence-electron chi connectivity index (χ1n) is 10.1. The smallest absolute Gasteiger partial charge is 0.488 e. The number of hydrogen-bond acceptors (Lipinski definition) is 4. The summed E-state index contributed by atoms with van der Waals surface area (Å²) in [7, 11) is 1.78.